The van der Waals surface area contributed by atoms with Crippen LogP contribution in [0.2, 0.25) is 0 Å². The average molecular weight is 294 g/mol. The maximum Gasteiger partial charge on any atom is 0.269 e. The lowest BCUT2D eigenvalue weighted by atomic mass is 9.98. The summed E-state index contributed by atoms with van der Waals surface area (Å²) < 4.78 is 0. The molecule has 1 aromatic rings. The number of hydrogen-bond acceptors (Lipinski definition) is 4. The van der Waals surface area contributed by atoms with Crippen molar-refractivity contribution in [1.82, 2.24) is 5.32 Å². The van der Waals surface area contributed by atoms with Crippen LogP contribution in [0, 0.1) is 16.0 Å². The Kier molecular flexibility index (Phi) is 7.32. The lowest BCUT2D eigenvalue weighted by Gasteiger charge is -2.26. The molecule has 0 amide bonds. The van der Waals surface area contributed by atoms with Gasteiger partial charge < -0.3 is 10.4 Å². The van der Waals surface area contributed by atoms with Gasteiger partial charge in [-0.2, -0.15) is 0 Å². The molecule has 21 heavy (non-hydrogen) atoms. The fraction of sp³-hybridized carbons (Fsp3) is 0.625. The number of aliphatic hydroxyl groups is 1. The topological polar surface area (TPSA) is 75.4 Å². The molecule has 0 aliphatic rings. The van der Waals surface area contributed by atoms with E-state index in [1.807, 2.05) is 6.07 Å². The number of nitrogens with zero attached hydrogens (tertiary/aromatic N) is 1. The Morgan fingerprint density at radius 2 is 2.10 bits per heavy atom. The Bertz CT molecular complexity index is 449. The summed E-state index contributed by atoms with van der Waals surface area (Å²) in [4.78, 5) is 10.5. The minimum absolute atomic E-state index is 0.0146. The van der Waals surface area contributed by atoms with Gasteiger partial charge in [0.05, 0.1) is 11.5 Å². The molecule has 0 aliphatic carbocycles. The van der Waals surface area contributed by atoms with E-state index in [0.29, 0.717) is 5.92 Å². The van der Waals surface area contributed by atoms with E-state index in [2.05, 4.69) is 26.1 Å². The van der Waals surface area contributed by atoms with E-state index in [9.17, 15) is 15.2 Å². The van der Waals surface area contributed by atoms with Gasteiger partial charge in [-0.05, 0) is 24.3 Å². The first-order chi connectivity index (χ1) is 9.97. The molecule has 0 bridgehead atoms. The van der Waals surface area contributed by atoms with E-state index in [4.69, 9.17) is 0 Å². The van der Waals surface area contributed by atoms with Crippen LogP contribution in [0.5, 0.6) is 0 Å². The molecule has 5 heteroatoms. The number of rotatable bonds is 9. The molecule has 0 radical (unpaired) electrons. The van der Waals surface area contributed by atoms with Crippen LogP contribution in [0.1, 0.15) is 51.6 Å². The second-order valence-electron chi connectivity index (χ2n) is 5.87. The molecule has 0 aromatic heterocycles. The predicted molar refractivity (Wildman–Crippen MR) is 84.2 cm³/mol. The van der Waals surface area contributed by atoms with Crippen molar-refractivity contribution in [2.45, 2.75) is 52.1 Å². The lowest BCUT2D eigenvalue weighted by molar-refractivity contribution is -0.384. The molecule has 0 heterocycles. The van der Waals surface area contributed by atoms with E-state index >= 15 is 0 Å². The second kappa shape index (κ2) is 8.74. The second-order valence-corrected chi connectivity index (χ2v) is 5.87. The number of nitrogens with one attached hydrogen (secondary N) is 1. The largest absolute Gasteiger partial charge is 0.395 e. The van der Waals surface area contributed by atoms with Crippen LogP contribution >= 0.6 is 0 Å². The zero-order chi connectivity index (χ0) is 15.8. The molecule has 0 fully saturated rings. The Hall–Kier alpha value is -1.46. The van der Waals surface area contributed by atoms with E-state index in [1.54, 1.807) is 12.1 Å². The van der Waals surface area contributed by atoms with Gasteiger partial charge in [0.25, 0.3) is 5.69 Å². The first kappa shape index (κ1) is 17.6. The first-order valence-corrected chi connectivity index (χ1v) is 7.59. The van der Waals surface area contributed by atoms with Crippen LogP contribution in [0.25, 0.3) is 0 Å². The highest BCUT2D eigenvalue weighted by Crippen LogP contribution is 2.24. The minimum atomic E-state index is -0.371. The van der Waals surface area contributed by atoms with Gasteiger partial charge in [-0.3, -0.25) is 10.1 Å². The summed E-state index contributed by atoms with van der Waals surface area (Å²) in [5.74, 6) is 0.488. The standard InChI is InChI=1S/C16H26N2O3/c1-4-6-16(17-14(11-19)9-12(2)3)13-7-5-8-15(10-13)18(20)21/h5,7-8,10,12,14,16-17,19H,4,6,9,11H2,1-3H3. The van der Waals surface area contributed by atoms with Crippen molar-refractivity contribution in [3.05, 3.63) is 39.9 Å². The van der Waals surface area contributed by atoms with Crippen molar-refractivity contribution in [2.24, 2.45) is 5.92 Å². The van der Waals surface area contributed by atoms with Gasteiger partial charge in [0.15, 0.2) is 0 Å². The third-order valence-electron chi connectivity index (χ3n) is 3.47. The van der Waals surface area contributed by atoms with Gasteiger partial charge in [0, 0.05) is 24.2 Å². The number of benzene rings is 1. The molecule has 2 atom stereocenters. The van der Waals surface area contributed by atoms with E-state index < -0.39 is 0 Å². The fourth-order valence-electron chi connectivity index (χ4n) is 2.54. The molecule has 118 valence electrons. The normalized spacial score (nSPS) is 14.1. The van der Waals surface area contributed by atoms with Crippen LogP contribution in [0.15, 0.2) is 24.3 Å². The summed E-state index contributed by atoms with van der Waals surface area (Å²) in [7, 11) is 0. The number of non-ortho nitro benzene ring substituents is 1. The number of nitro groups is 1. The molecular weight excluding hydrogens is 268 g/mol. The maximum atomic E-state index is 10.9. The summed E-state index contributed by atoms with van der Waals surface area (Å²) in [5, 5.41) is 23.9. The third-order valence-corrected chi connectivity index (χ3v) is 3.47. The summed E-state index contributed by atoms with van der Waals surface area (Å²) in [6.07, 6.45) is 2.74. The van der Waals surface area contributed by atoms with Crippen molar-refractivity contribution in [3.63, 3.8) is 0 Å². The smallest absolute Gasteiger partial charge is 0.269 e. The van der Waals surface area contributed by atoms with Crippen LogP contribution in [0.4, 0.5) is 5.69 Å². The van der Waals surface area contributed by atoms with Crippen LogP contribution in [0.3, 0.4) is 0 Å². The summed E-state index contributed by atoms with van der Waals surface area (Å²) >= 11 is 0. The van der Waals surface area contributed by atoms with Gasteiger partial charge >= 0.3 is 0 Å². The van der Waals surface area contributed by atoms with Crippen molar-refractivity contribution < 1.29 is 10.0 Å². The molecule has 0 saturated heterocycles. The Morgan fingerprint density at radius 3 is 2.62 bits per heavy atom. The zero-order valence-corrected chi connectivity index (χ0v) is 13.1. The number of nitro benzene ring substituents is 1. The van der Waals surface area contributed by atoms with E-state index in [0.717, 1.165) is 24.8 Å². The lowest BCUT2D eigenvalue weighted by Crippen LogP contribution is -2.36. The summed E-state index contributed by atoms with van der Waals surface area (Å²) in [6.45, 7) is 6.40. The molecule has 0 aliphatic heterocycles. The molecule has 2 unspecified atom stereocenters. The maximum absolute atomic E-state index is 10.9. The Balaban J connectivity index is 2.89. The highest BCUT2D eigenvalue weighted by Gasteiger charge is 2.18. The average Bonchev–Trinajstić information content (AvgIpc) is 2.45. The molecule has 0 saturated carbocycles. The minimum Gasteiger partial charge on any atom is -0.395 e. The number of hydrogen-bond donors (Lipinski definition) is 2. The number of aliphatic hydroxyl groups excluding tert-OH is 1. The monoisotopic (exact) mass is 294 g/mol. The quantitative estimate of drug-likeness (QED) is 0.540. The van der Waals surface area contributed by atoms with E-state index in [-0.39, 0.29) is 29.3 Å². The highest BCUT2D eigenvalue weighted by molar-refractivity contribution is 5.35. The van der Waals surface area contributed by atoms with Gasteiger partial charge in [-0.1, -0.05) is 39.3 Å². The van der Waals surface area contributed by atoms with Crippen LogP contribution < -0.4 is 5.32 Å². The molecule has 2 N–H and O–H groups in total. The van der Waals surface area contributed by atoms with Crippen molar-refractivity contribution in [1.29, 1.82) is 0 Å². The van der Waals surface area contributed by atoms with Crippen LogP contribution in [-0.4, -0.2) is 22.7 Å². The van der Waals surface area contributed by atoms with Gasteiger partial charge in [0.1, 0.15) is 0 Å². The van der Waals surface area contributed by atoms with Gasteiger partial charge in [0.2, 0.25) is 0 Å². The fourth-order valence-corrected chi connectivity index (χ4v) is 2.54. The van der Waals surface area contributed by atoms with E-state index in [1.165, 1.54) is 6.07 Å². The predicted octanol–water partition coefficient (Wildman–Crippen LogP) is 3.43. The zero-order valence-electron chi connectivity index (χ0n) is 13.1. The van der Waals surface area contributed by atoms with Crippen molar-refractivity contribution >= 4 is 5.69 Å². The first-order valence-electron chi connectivity index (χ1n) is 7.59. The molecular formula is C16H26N2O3. The summed E-state index contributed by atoms with van der Waals surface area (Å²) in [6, 6.07) is 6.80. The highest BCUT2D eigenvalue weighted by atomic mass is 16.6. The molecule has 1 rings (SSSR count). The van der Waals surface area contributed by atoms with Crippen molar-refractivity contribution in [2.75, 3.05) is 6.61 Å². The van der Waals surface area contributed by atoms with Gasteiger partial charge in [-0.15, -0.1) is 0 Å². The Labute approximate surface area is 126 Å². The Morgan fingerprint density at radius 1 is 1.38 bits per heavy atom. The SMILES string of the molecule is CCCC(NC(CO)CC(C)C)c1cccc([N+](=O)[O-])c1. The molecule has 1 aromatic carbocycles. The molecule has 0 spiro atoms. The third kappa shape index (κ3) is 5.81. The van der Waals surface area contributed by atoms with Gasteiger partial charge in [-0.25, -0.2) is 0 Å². The van der Waals surface area contributed by atoms with Crippen molar-refractivity contribution in [3.8, 4) is 0 Å². The summed E-state index contributed by atoms with van der Waals surface area (Å²) in [5.41, 5.74) is 1.02. The molecule has 5 nitrogen and oxygen atoms in total. The van der Waals surface area contributed by atoms with Crippen LogP contribution in [-0.2, 0) is 0 Å².